The van der Waals surface area contributed by atoms with Gasteiger partial charge in [0.25, 0.3) is 5.91 Å². The number of halogens is 1. The van der Waals surface area contributed by atoms with E-state index in [1.165, 1.54) is 11.3 Å². The SMILES string of the molecule is N#Cc1ccc(-c2csc(NC(=O)c3ccc(Cl)cc3)n2)cc1. The van der Waals surface area contributed by atoms with Crippen molar-refractivity contribution in [3.63, 3.8) is 0 Å². The number of benzene rings is 2. The summed E-state index contributed by atoms with van der Waals surface area (Å²) in [6.07, 6.45) is 0. The summed E-state index contributed by atoms with van der Waals surface area (Å²) >= 11 is 7.15. The number of anilines is 1. The molecule has 0 unspecified atom stereocenters. The Balaban J connectivity index is 1.75. The molecule has 1 N–H and O–H groups in total. The van der Waals surface area contributed by atoms with Crippen LogP contribution in [-0.4, -0.2) is 10.9 Å². The summed E-state index contributed by atoms with van der Waals surface area (Å²) in [6, 6.07) is 15.9. The van der Waals surface area contributed by atoms with Gasteiger partial charge in [-0.1, -0.05) is 23.7 Å². The molecule has 0 saturated heterocycles. The Morgan fingerprint density at radius 2 is 1.83 bits per heavy atom. The van der Waals surface area contributed by atoms with Crippen molar-refractivity contribution in [3.8, 4) is 17.3 Å². The average molecular weight is 340 g/mol. The van der Waals surface area contributed by atoms with E-state index in [9.17, 15) is 4.79 Å². The van der Waals surface area contributed by atoms with Crippen molar-refractivity contribution in [1.82, 2.24) is 4.98 Å². The van der Waals surface area contributed by atoms with E-state index in [2.05, 4.69) is 16.4 Å². The molecule has 0 saturated carbocycles. The molecule has 6 heteroatoms. The standard InChI is InChI=1S/C17H10ClN3OS/c18-14-7-5-13(6-8-14)16(22)21-17-20-15(10-23-17)12-3-1-11(9-19)2-4-12/h1-8,10H,(H,20,21,22). The highest BCUT2D eigenvalue weighted by Crippen LogP contribution is 2.25. The lowest BCUT2D eigenvalue weighted by Crippen LogP contribution is -2.11. The van der Waals surface area contributed by atoms with Crippen LogP contribution >= 0.6 is 22.9 Å². The lowest BCUT2D eigenvalue weighted by molar-refractivity contribution is 0.102. The Bertz CT molecular complexity index is 879. The molecular weight excluding hydrogens is 330 g/mol. The van der Waals surface area contributed by atoms with Gasteiger partial charge in [0.15, 0.2) is 5.13 Å². The van der Waals surface area contributed by atoms with Crippen LogP contribution in [0.25, 0.3) is 11.3 Å². The fourth-order valence-corrected chi connectivity index (χ4v) is 2.79. The van der Waals surface area contributed by atoms with E-state index in [0.717, 1.165) is 11.3 Å². The Morgan fingerprint density at radius 3 is 2.48 bits per heavy atom. The first-order valence-corrected chi connectivity index (χ1v) is 7.94. The Morgan fingerprint density at radius 1 is 1.13 bits per heavy atom. The number of carbonyl (C=O) groups excluding carboxylic acids is 1. The third-order valence-electron chi connectivity index (χ3n) is 3.14. The van der Waals surface area contributed by atoms with Gasteiger partial charge in [0.2, 0.25) is 0 Å². The molecule has 0 atom stereocenters. The van der Waals surface area contributed by atoms with E-state index in [0.29, 0.717) is 21.3 Å². The first-order valence-electron chi connectivity index (χ1n) is 6.69. The van der Waals surface area contributed by atoms with Crippen LogP contribution in [0.1, 0.15) is 15.9 Å². The number of nitrogens with zero attached hydrogens (tertiary/aromatic N) is 2. The van der Waals surface area contributed by atoms with Crippen LogP contribution in [-0.2, 0) is 0 Å². The van der Waals surface area contributed by atoms with Gasteiger partial charge in [0.1, 0.15) is 0 Å². The van der Waals surface area contributed by atoms with Gasteiger partial charge in [0.05, 0.1) is 17.3 Å². The van der Waals surface area contributed by atoms with Crippen molar-refractivity contribution in [2.75, 3.05) is 5.32 Å². The van der Waals surface area contributed by atoms with Gasteiger partial charge in [-0.3, -0.25) is 10.1 Å². The van der Waals surface area contributed by atoms with Crippen LogP contribution in [0.2, 0.25) is 5.02 Å². The molecule has 1 amide bonds. The molecule has 0 aliphatic rings. The number of hydrogen-bond acceptors (Lipinski definition) is 4. The van der Waals surface area contributed by atoms with Crippen molar-refractivity contribution in [2.24, 2.45) is 0 Å². The maximum atomic E-state index is 12.1. The van der Waals surface area contributed by atoms with Crippen molar-refractivity contribution < 1.29 is 4.79 Å². The maximum Gasteiger partial charge on any atom is 0.257 e. The van der Waals surface area contributed by atoms with Crippen molar-refractivity contribution in [3.05, 3.63) is 70.1 Å². The second-order valence-corrected chi connectivity index (χ2v) is 5.98. The summed E-state index contributed by atoms with van der Waals surface area (Å²) in [7, 11) is 0. The van der Waals surface area contributed by atoms with E-state index in [1.54, 1.807) is 36.4 Å². The lowest BCUT2D eigenvalue weighted by atomic mass is 10.1. The predicted molar refractivity (Wildman–Crippen MR) is 91.7 cm³/mol. The van der Waals surface area contributed by atoms with Gasteiger partial charge in [-0.25, -0.2) is 4.98 Å². The van der Waals surface area contributed by atoms with Crippen LogP contribution < -0.4 is 5.32 Å². The van der Waals surface area contributed by atoms with Gasteiger partial charge < -0.3 is 0 Å². The molecule has 1 heterocycles. The first-order chi connectivity index (χ1) is 11.2. The second kappa shape index (κ2) is 6.61. The molecule has 1 aromatic heterocycles. The van der Waals surface area contributed by atoms with Crippen LogP contribution in [0.4, 0.5) is 5.13 Å². The Hall–Kier alpha value is -2.68. The van der Waals surface area contributed by atoms with Crippen molar-refractivity contribution >= 4 is 34.0 Å². The molecule has 0 fully saturated rings. The summed E-state index contributed by atoms with van der Waals surface area (Å²) in [6.45, 7) is 0. The number of nitriles is 1. The zero-order valence-corrected chi connectivity index (χ0v) is 13.4. The van der Waals surface area contributed by atoms with Gasteiger partial charge in [-0.05, 0) is 36.4 Å². The predicted octanol–water partition coefficient (Wildman–Crippen LogP) is 4.59. The van der Waals surface area contributed by atoms with Crippen molar-refractivity contribution in [1.29, 1.82) is 5.26 Å². The minimum Gasteiger partial charge on any atom is -0.298 e. The minimum atomic E-state index is -0.234. The van der Waals surface area contributed by atoms with E-state index in [-0.39, 0.29) is 5.91 Å². The lowest BCUT2D eigenvalue weighted by Gasteiger charge is -2.01. The number of aromatic nitrogens is 1. The quantitative estimate of drug-likeness (QED) is 0.759. The van der Waals surface area contributed by atoms with Gasteiger partial charge in [0, 0.05) is 21.5 Å². The number of thiazole rings is 1. The molecule has 23 heavy (non-hydrogen) atoms. The monoisotopic (exact) mass is 339 g/mol. The zero-order valence-electron chi connectivity index (χ0n) is 11.8. The third-order valence-corrected chi connectivity index (χ3v) is 4.15. The number of amides is 1. The minimum absolute atomic E-state index is 0.234. The second-order valence-electron chi connectivity index (χ2n) is 4.69. The van der Waals surface area contributed by atoms with Crippen LogP contribution in [0.15, 0.2) is 53.9 Å². The maximum absolute atomic E-state index is 12.1. The summed E-state index contributed by atoms with van der Waals surface area (Å²) < 4.78 is 0. The molecule has 2 aromatic carbocycles. The Kier molecular flexibility index (Phi) is 4.38. The molecular formula is C17H10ClN3OS. The number of nitrogens with one attached hydrogen (secondary N) is 1. The number of rotatable bonds is 3. The van der Waals surface area contributed by atoms with Gasteiger partial charge >= 0.3 is 0 Å². The molecule has 0 aliphatic heterocycles. The number of carbonyl (C=O) groups is 1. The molecule has 0 bridgehead atoms. The summed E-state index contributed by atoms with van der Waals surface area (Å²) in [4.78, 5) is 16.5. The molecule has 112 valence electrons. The van der Waals surface area contributed by atoms with E-state index < -0.39 is 0 Å². The summed E-state index contributed by atoms with van der Waals surface area (Å²) in [5, 5.41) is 14.5. The van der Waals surface area contributed by atoms with E-state index in [4.69, 9.17) is 16.9 Å². The topological polar surface area (TPSA) is 65.8 Å². The van der Waals surface area contributed by atoms with E-state index in [1.807, 2.05) is 17.5 Å². The molecule has 0 spiro atoms. The summed E-state index contributed by atoms with van der Waals surface area (Å²) in [5.41, 5.74) is 2.77. The molecule has 4 nitrogen and oxygen atoms in total. The highest BCUT2D eigenvalue weighted by atomic mass is 35.5. The smallest absolute Gasteiger partial charge is 0.257 e. The fraction of sp³-hybridized carbons (Fsp3) is 0. The molecule has 0 radical (unpaired) electrons. The van der Waals surface area contributed by atoms with Crippen LogP contribution in [0.3, 0.4) is 0 Å². The van der Waals surface area contributed by atoms with Crippen LogP contribution in [0, 0.1) is 11.3 Å². The molecule has 0 aliphatic carbocycles. The van der Waals surface area contributed by atoms with Gasteiger partial charge in [-0.15, -0.1) is 11.3 Å². The molecule has 3 rings (SSSR count). The fourth-order valence-electron chi connectivity index (χ4n) is 1.95. The highest BCUT2D eigenvalue weighted by Gasteiger charge is 2.10. The summed E-state index contributed by atoms with van der Waals surface area (Å²) in [5.74, 6) is -0.234. The van der Waals surface area contributed by atoms with Crippen molar-refractivity contribution in [2.45, 2.75) is 0 Å². The van der Waals surface area contributed by atoms with E-state index >= 15 is 0 Å². The first kappa shape index (κ1) is 15.2. The average Bonchev–Trinajstić information content (AvgIpc) is 3.04. The normalized spacial score (nSPS) is 10.1. The Labute approximate surface area is 142 Å². The molecule has 3 aromatic rings. The number of hydrogen-bond donors (Lipinski definition) is 1. The zero-order chi connectivity index (χ0) is 16.2. The third kappa shape index (κ3) is 3.57. The van der Waals surface area contributed by atoms with Gasteiger partial charge in [-0.2, -0.15) is 5.26 Å². The largest absolute Gasteiger partial charge is 0.298 e. The van der Waals surface area contributed by atoms with Crippen LogP contribution in [0.5, 0.6) is 0 Å². The highest BCUT2D eigenvalue weighted by molar-refractivity contribution is 7.14.